The van der Waals surface area contributed by atoms with Crippen LogP contribution in [-0.4, -0.2) is 55.2 Å². The van der Waals surface area contributed by atoms with Crippen LogP contribution in [0.15, 0.2) is 91.5 Å². The van der Waals surface area contributed by atoms with Gasteiger partial charge >= 0.3 is 12.1 Å². The number of fused-ring (bicyclic) bond motifs is 3. The molecule has 3 aromatic rings. The normalized spacial score (nSPS) is 13.6. The zero-order valence-corrected chi connectivity index (χ0v) is 26.7. The van der Waals surface area contributed by atoms with Gasteiger partial charge in [-0.2, -0.15) is 0 Å². The number of ether oxygens (including phenoxy) is 2. The van der Waals surface area contributed by atoms with Gasteiger partial charge in [0.2, 0.25) is 11.8 Å². The summed E-state index contributed by atoms with van der Waals surface area (Å²) < 4.78 is 10.8. The summed E-state index contributed by atoms with van der Waals surface area (Å²) in [7, 11) is 0. The van der Waals surface area contributed by atoms with E-state index in [9.17, 15) is 19.2 Å². The molecular formula is C38H41N3O6. The lowest BCUT2D eigenvalue weighted by atomic mass is 9.98. The maximum atomic E-state index is 13.6. The van der Waals surface area contributed by atoms with E-state index in [1.54, 1.807) is 0 Å². The van der Waals surface area contributed by atoms with E-state index in [2.05, 4.69) is 28.4 Å². The second kappa shape index (κ2) is 16.8. The highest BCUT2D eigenvalue weighted by atomic mass is 16.5. The lowest BCUT2D eigenvalue weighted by molar-refractivity contribution is -0.147. The molecular weight excluding hydrogens is 594 g/mol. The average molecular weight is 636 g/mol. The Bertz CT molecular complexity index is 1570. The molecule has 0 unspecified atom stereocenters. The van der Waals surface area contributed by atoms with E-state index in [0.717, 1.165) is 27.8 Å². The minimum atomic E-state index is -1.18. The molecule has 0 spiro atoms. The second-order valence-electron chi connectivity index (χ2n) is 11.8. The van der Waals surface area contributed by atoms with Gasteiger partial charge in [0.1, 0.15) is 31.3 Å². The monoisotopic (exact) mass is 635 g/mol. The van der Waals surface area contributed by atoms with Crippen LogP contribution in [0.25, 0.3) is 11.1 Å². The molecule has 1 aliphatic carbocycles. The SMILES string of the molecule is C#CC[C@H](NC(=O)OCC1c2ccccc2-c2ccccc21)C(=O)N[C@@H](Cc1ccccc1)C(=O)N[C@@H](CC(C)C)C(=O)OCC=C. The van der Waals surface area contributed by atoms with Crippen LogP contribution in [0.1, 0.15) is 49.3 Å². The van der Waals surface area contributed by atoms with Crippen molar-refractivity contribution < 1.29 is 28.7 Å². The van der Waals surface area contributed by atoms with Gasteiger partial charge in [-0.3, -0.25) is 9.59 Å². The average Bonchev–Trinajstić information content (AvgIpc) is 3.39. The molecule has 0 aromatic heterocycles. The summed E-state index contributed by atoms with van der Waals surface area (Å²) in [6.45, 7) is 7.46. The van der Waals surface area contributed by atoms with Crippen LogP contribution in [0.2, 0.25) is 0 Å². The van der Waals surface area contributed by atoms with Crippen molar-refractivity contribution in [2.24, 2.45) is 5.92 Å². The largest absolute Gasteiger partial charge is 0.460 e. The first kappa shape index (κ1) is 34.5. The van der Waals surface area contributed by atoms with Gasteiger partial charge in [0, 0.05) is 18.8 Å². The minimum Gasteiger partial charge on any atom is -0.460 e. The standard InChI is InChI=1S/C38H41N3O6/c1-5-14-32(41-38(45)47-24-31-29-19-12-10-17-27(29)28-18-11-13-20-30(28)31)35(42)39-33(23-26-15-8-7-9-16-26)36(43)40-34(22-25(3)4)37(44)46-21-6-2/h1,6-13,15-20,25,31-34H,2,14,21-24H2,3-4H3,(H,39,42)(H,40,43)(H,41,45)/t32-,33-,34-/m0/s1. The van der Waals surface area contributed by atoms with Crippen molar-refractivity contribution in [1.29, 1.82) is 0 Å². The number of nitrogens with one attached hydrogen (secondary N) is 3. The van der Waals surface area contributed by atoms with E-state index < -0.39 is 42.0 Å². The summed E-state index contributed by atoms with van der Waals surface area (Å²) in [4.78, 5) is 52.9. The first-order valence-electron chi connectivity index (χ1n) is 15.7. The summed E-state index contributed by atoms with van der Waals surface area (Å²) in [6.07, 6.45) is 6.51. The van der Waals surface area contributed by atoms with E-state index in [4.69, 9.17) is 15.9 Å². The van der Waals surface area contributed by atoms with Crippen molar-refractivity contribution in [1.82, 2.24) is 16.0 Å². The Balaban J connectivity index is 1.45. The van der Waals surface area contributed by atoms with E-state index in [1.807, 2.05) is 92.7 Å². The number of carbonyl (C=O) groups is 4. The van der Waals surface area contributed by atoms with E-state index in [1.165, 1.54) is 6.08 Å². The number of alkyl carbamates (subject to hydrolysis) is 1. The predicted molar refractivity (Wildman–Crippen MR) is 180 cm³/mol. The van der Waals surface area contributed by atoms with Crippen molar-refractivity contribution >= 4 is 23.9 Å². The molecule has 47 heavy (non-hydrogen) atoms. The number of amides is 3. The minimum absolute atomic E-state index is 0.00276. The van der Waals surface area contributed by atoms with Gasteiger partial charge in [0.05, 0.1) is 0 Å². The third-order valence-electron chi connectivity index (χ3n) is 7.84. The molecule has 0 radical (unpaired) electrons. The summed E-state index contributed by atoms with van der Waals surface area (Å²) in [5.74, 6) is 0.481. The molecule has 3 amide bonds. The van der Waals surface area contributed by atoms with Crippen LogP contribution in [-0.2, 0) is 30.3 Å². The highest BCUT2D eigenvalue weighted by Crippen LogP contribution is 2.44. The number of terminal acetylenes is 1. The Hall–Kier alpha value is -5.36. The first-order valence-corrected chi connectivity index (χ1v) is 15.7. The number of esters is 1. The van der Waals surface area contributed by atoms with Crippen molar-refractivity contribution in [2.45, 2.75) is 57.2 Å². The van der Waals surface area contributed by atoms with Crippen LogP contribution in [0, 0.1) is 18.3 Å². The van der Waals surface area contributed by atoms with Gasteiger partial charge in [-0.05, 0) is 40.2 Å². The molecule has 0 aliphatic heterocycles. The fourth-order valence-electron chi connectivity index (χ4n) is 5.64. The Morgan fingerprint density at radius 1 is 0.809 bits per heavy atom. The van der Waals surface area contributed by atoms with Crippen LogP contribution >= 0.6 is 0 Å². The molecule has 3 N–H and O–H groups in total. The lowest BCUT2D eigenvalue weighted by Crippen LogP contribution is -2.56. The summed E-state index contributed by atoms with van der Waals surface area (Å²) in [5.41, 5.74) is 5.07. The summed E-state index contributed by atoms with van der Waals surface area (Å²) >= 11 is 0. The number of hydrogen-bond acceptors (Lipinski definition) is 6. The number of hydrogen-bond donors (Lipinski definition) is 3. The maximum absolute atomic E-state index is 13.6. The second-order valence-corrected chi connectivity index (χ2v) is 11.8. The van der Waals surface area contributed by atoms with E-state index in [0.29, 0.717) is 6.42 Å². The number of carbonyl (C=O) groups excluding carboxylic acids is 4. The highest BCUT2D eigenvalue weighted by molar-refractivity contribution is 5.93. The smallest absolute Gasteiger partial charge is 0.407 e. The van der Waals surface area contributed by atoms with Gasteiger partial charge in [-0.15, -0.1) is 12.3 Å². The van der Waals surface area contributed by atoms with E-state index >= 15 is 0 Å². The van der Waals surface area contributed by atoms with Crippen LogP contribution in [0.3, 0.4) is 0 Å². The molecule has 9 heteroatoms. The fraction of sp³-hybridized carbons (Fsp3) is 0.316. The predicted octanol–water partition coefficient (Wildman–Crippen LogP) is 4.90. The van der Waals surface area contributed by atoms with Gasteiger partial charge < -0.3 is 25.4 Å². The van der Waals surface area contributed by atoms with Crippen molar-refractivity contribution in [3.05, 3.63) is 108 Å². The van der Waals surface area contributed by atoms with Crippen molar-refractivity contribution in [3.63, 3.8) is 0 Å². The molecule has 9 nitrogen and oxygen atoms in total. The summed E-state index contributed by atoms with van der Waals surface area (Å²) in [6, 6.07) is 21.9. The molecule has 0 fully saturated rings. The third-order valence-corrected chi connectivity index (χ3v) is 7.84. The van der Waals surface area contributed by atoms with Crippen LogP contribution < -0.4 is 16.0 Å². The molecule has 244 valence electrons. The number of benzene rings is 3. The zero-order chi connectivity index (χ0) is 33.8. The fourth-order valence-corrected chi connectivity index (χ4v) is 5.64. The molecule has 0 bridgehead atoms. The topological polar surface area (TPSA) is 123 Å². The molecule has 3 atom stereocenters. The Morgan fingerprint density at radius 3 is 1.98 bits per heavy atom. The van der Waals surface area contributed by atoms with Gasteiger partial charge in [-0.1, -0.05) is 105 Å². The Morgan fingerprint density at radius 2 is 1.38 bits per heavy atom. The van der Waals surface area contributed by atoms with Gasteiger partial charge in [0.25, 0.3) is 0 Å². The highest BCUT2D eigenvalue weighted by Gasteiger charge is 2.32. The zero-order valence-electron chi connectivity index (χ0n) is 26.7. The molecule has 4 rings (SSSR count). The number of rotatable bonds is 15. The molecule has 0 saturated carbocycles. The Labute approximate surface area is 276 Å². The third kappa shape index (κ3) is 9.33. The lowest BCUT2D eigenvalue weighted by Gasteiger charge is -2.25. The van der Waals surface area contributed by atoms with Crippen molar-refractivity contribution in [3.8, 4) is 23.5 Å². The quantitative estimate of drug-likeness (QED) is 0.124. The van der Waals surface area contributed by atoms with E-state index in [-0.39, 0.29) is 37.9 Å². The van der Waals surface area contributed by atoms with Crippen LogP contribution in [0.5, 0.6) is 0 Å². The first-order chi connectivity index (χ1) is 22.7. The maximum Gasteiger partial charge on any atom is 0.407 e. The molecule has 0 heterocycles. The van der Waals surface area contributed by atoms with Gasteiger partial charge in [-0.25, -0.2) is 9.59 Å². The van der Waals surface area contributed by atoms with Crippen molar-refractivity contribution in [2.75, 3.05) is 13.2 Å². The van der Waals surface area contributed by atoms with Gasteiger partial charge in [0.15, 0.2) is 0 Å². The van der Waals surface area contributed by atoms with Crippen LogP contribution in [0.4, 0.5) is 4.79 Å². The Kier molecular flexibility index (Phi) is 12.3. The molecule has 0 saturated heterocycles. The molecule has 3 aromatic carbocycles. The summed E-state index contributed by atoms with van der Waals surface area (Å²) in [5, 5.41) is 8.06. The molecule has 1 aliphatic rings.